The van der Waals surface area contributed by atoms with Crippen LogP contribution in [0.2, 0.25) is 0 Å². The third-order valence-electron chi connectivity index (χ3n) is 4.04. The van der Waals surface area contributed by atoms with Gasteiger partial charge in [-0.3, -0.25) is 9.69 Å². The lowest BCUT2D eigenvalue weighted by atomic mass is 10.1. The van der Waals surface area contributed by atoms with Crippen molar-refractivity contribution in [3.8, 4) is 0 Å². The van der Waals surface area contributed by atoms with Crippen LogP contribution in [0.15, 0.2) is 24.3 Å². The fourth-order valence-electron chi connectivity index (χ4n) is 2.88. The van der Waals surface area contributed by atoms with Crippen molar-refractivity contribution in [2.45, 2.75) is 12.6 Å². The SMILES string of the molecule is O=C(C1CN(Cc2cccc(F)c2)CCO1)N1CCSCC1. The van der Waals surface area contributed by atoms with Crippen LogP contribution in [0.3, 0.4) is 0 Å². The highest BCUT2D eigenvalue weighted by Gasteiger charge is 2.30. The lowest BCUT2D eigenvalue weighted by Gasteiger charge is -2.36. The molecule has 22 heavy (non-hydrogen) atoms. The standard InChI is InChI=1S/C16H21FN2O2S/c17-14-3-1-2-13(10-14)11-18-4-7-21-15(12-18)16(20)19-5-8-22-9-6-19/h1-3,10,15H,4-9,11-12H2. The van der Waals surface area contributed by atoms with E-state index in [2.05, 4.69) is 4.90 Å². The molecule has 0 aliphatic carbocycles. The Morgan fingerprint density at radius 1 is 1.32 bits per heavy atom. The lowest BCUT2D eigenvalue weighted by Crippen LogP contribution is -2.52. The summed E-state index contributed by atoms with van der Waals surface area (Å²) in [6, 6.07) is 6.63. The number of amides is 1. The Bertz CT molecular complexity index is 523. The zero-order valence-electron chi connectivity index (χ0n) is 12.5. The van der Waals surface area contributed by atoms with Crippen molar-refractivity contribution in [1.82, 2.24) is 9.80 Å². The van der Waals surface area contributed by atoms with E-state index in [1.165, 1.54) is 6.07 Å². The molecule has 120 valence electrons. The number of thioether (sulfide) groups is 1. The van der Waals surface area contributed by atoms with Crippen molar-refractivity contribution < 1.29 is 13.9 Å². The third kappa shape index (κ3) is 4.00. The summed E-state index contributed by atoms with van der Waals surface area (Å²) < 4.78 is 18.9. The van der Waals surface area contributed by atoms with Crippen molar-refractivity contribution >= 4 is 17.7 Å². The summed E-state index contributed by atoms with van der Waals surface area (Å²) in [6.07, 6.45) is -0.384. The Hall–Kier alpha value is -1.11. The molecule has 0 N–H and O–H groups in total. The smallest absolute Gasteiger partial charge is 0.253 e. The fourth-order valence-corrected chi connectivity index (χ4v) is 3.78. The minimum atomic E-state index is -0.384. The first-order chi connectivity index (χ1) is 10.7. The molecular formula is C16H21FN2O2S. The van der Waals surface area contributed by atoms with Crippen LogP contribution in [0.25, 0.3) is 0 Å². The Kier molecular flexibility index (Phi) is 5.33. The van der Waals surface area contributed by atoms with Crippen LogP contribution in [0.4, 0.5) is 4.39 Å². The highest BCUT2D eigenvalue weighted by molar-refractivity contribution is 7.99. The molecule has 1 aromatic carbocycles. The second-order valence-corrected chi connectivity index (χ2v) is 6.89. The van der Waals surface area contributed by atoms with E-state index in [0.717, 1.165) is 36.7 Å². The average Bonchev–Trinajstić information content (AvgIpc) is 2.55. The Morgan fingerprint density at radius 2 is 2.14 bits per heavy atom. The summed E-state index contributed by atoms with van der Waals surface area (Å²) in [5, 5.41) is 0. The lowest BCUT2D eigenvalue weighted by molar-refractivity contribution is -0.149. The predicted molar refractivity (Wildman–Crippen MR) is 85.3 cm³/mol. The van der Waals surface area contributed by atoms with Gasteiger partial charge < -0.3 is 9.64 Å². The van der Waals surface area contributed by atoms with Gasteiger partial charge in [0, 0.05) is 44.2 Å². The summed E-state index contributed by atoms with van der Waals surface area (Å²) in [6.45, 7) is 4.19. The summed E-state index contributed by atoms with van der Waals surface area (Å²) in [5.74, 6) is 1.89. The number of benzene rings is 1. The van der Waals surface area contributed by atoms with Gasteiger partial charge in [-0.15, -0.1) is 0 Å². The molecule has 2 fully saturated rings. The first kappa shape index (κ1) is 15.8. The molecule has 2 aliphatic heterocycles. The molecule has 6 heteroatoms. The maximum absolute atomic E-state index is 13.3. The van der Waals surface area contributed by atoms with Crippen LogP contribution in [0.5, 0.6) is 0 Å². The minimum Gasteiger partial charge on any atom is -0.366 e. The molecule has 2 heterocycles. The number of hydrogen-bond acceptors (Lipinski definition) is 4. The number of halogens is 1. The zero-order valence-corrected chi connectivity index (χ0v) is 13.4. The Morgan fingerprint density at radius 3 is 2.91 bits per heavy atom. The highest BCUT2D eigenvalue weighted by atomic mass is 32.2. The minimum absolute atomic E-state index is 0.101. The second kappa shape index (κ2) is 7.44. The van der Waals surface area contributed by atoms with Crippen LogP contribution in [-0.2, 0) is 16.1 Å². The van der Waals surface area contributed by atoms with Gasteiger partial charge in [0.15, 0.2) is 0 Å². The molecule has 3 rings (SSSR count). The summed E-state index contributed by atoms with van der Waals surface area (Å²) >= 11 is 1.89. The van der Waals surface area contributed by atoms with Crippen LogP contribution in [-0.4, -0.2) is 66.1 Å². The number of carbonyl (C=O) groups excluding carboxylic acids is 1. The number of hydrogen-bond donors (Lipinski definition) is 0. The van der Waals surface area contributed by atoms with E-state index in [0.29, 0.717) is 19.7 Å². The number of morpholine rings is 1. The van der Waals surface area contributed by atoms with Crippen LogP contribution in [0, 0.1) is 5.82 Å². The number of ether oxygens (including phenoxy) is 1. The van der Waals surface area contributed by atoms with Crippen LogP contribution >= 0.6 is 11.8 Å². The van der Waals surface area contributed by atoms with Crippen molar-refractivity contribution in [2.75, 3.05) is 44.3 Å². The van der Waals surface area contributed by atoms with Gasteiger partial charge in [0.25, 0.3) is 5.91 Å². The summed E-state index contributed by atoms with van der Waals surface area (Å²) in [5.41, 5.74) is 0.933. The Labute approximate surface area is 134 Å². The van der Waals surface area contributed by atoms with Crippen molar-refractivity contribution in [3.05, 3.63) is 35.6 Å². The maximum Gasteiger partial charge on any atom is 0.253 e. The molecule has 1 unspecified atom stereocenters. The summed E-state index contributed by atoms with van der Waals surface area (Å²) in [7, 11) is 0. The van der Waals surface area contributed by atoms with Gasteiger partial charge in [-0.1, -0.05) is 12.1 Å². The zero-order chi connectivity index (χ0) is 15.4. The van der Waals surface area contributed by atoms with Crippen molar-refractivity contribution in [1.29, 1.82) is 0 Å². The quantitative estimate of drug-likeness (QED) is 0.846. The van der Waals surface area contributed by atoms with E-state index in [9.17, 15) is 9.18 Å². The maximum atomic E-state index is 13.3. The van der Waals surface area contributed by atoms with Crippen LogP contribution in [0.1, 0.15) is 5.56 Å². The van der Waals surface area contributed by atoms with Gasteiger partial charge in [0.05, 0.1) is 6.61 Å². The molecule has 2 aliphatic rings. The third-order valence-corrected chi connectivity index (χ3v) is 4.99. The molecule has 4 nitrogen and oxygen atoms in total. The predicted octanol–water partition coefficient (Wildman–Crippen LogP) is 1.60. The van der Waals surface area contributed by atoms with Crippen LogP contribution < -0.4 is 0 Å². The van der Waals surface area contributed by atoms with E-state index < -0.39 is 0 Å². The van der Waals surface area contributed by atoms with E-state index in [1.54, 1.807) is 12.1 Å². The largest absolute Gasteiger partial charge is 0.366 e. The fraction of sp³-hybridized carbons (Fsp3) is 0.562. The molecule has 1 atom stereocenters. The molecule has 0 bridgehead atoms. The number of nitrogens with zero attached hydrogens (tertiary/aromatic N) is 2. The van der Waals surface area contributed by atoms with Gasteiger partial charge in [-0.25, -0.2) is 4.39 Å². The van der Waals surface area contributed by atoms with E-state index in [4.69, 9.17) is 4.74 Å². The molecule has 1 amide bonds. The van der Waals surface area contributed by atoms with Gasteiger partial charge in [-0.2, -0.15) is 11.8 Å². The van der Waals surface area contributed by atoms with Gasteiger partial charge in [0.1, 0.15) is 11.9 Å². The molecule has 2 saturated heterocycles. The van der Waals surface area contributed by atoms with Gasteiger partial charge in [0.2, 0.25) is 0 Å². The topological polar surface area (TPSA) is 32.8 Å². The second-order valence-electron chi connectivity index (χ2n) is 5.66. The Balaban J connectivity index is 1.57. The number of carbonyl (C=O) groups is 1. The monoisotopic (exact) mass is 324 g/mol. The van der Waals surface area contributed by atoms with E-state index in [1.807, 2.05) is 22.7 Å². The van der Waals surface area contributed by atoms with E-state index >= 15 is 0 Å². The molecule has 0 aromatic heterocycles. The molecule has 1 aromatic rings. The molecule has 0 saturated carbocycles. The highest BCUT2D eigenvalue weighted by Crippen LogP contribution is 2.16. The van der Waals surface area contributed by atoms with Crippen molar-refractivity contribution in [2.24, 2.45) is 0 Å². The van der Waals surface area contributed by atoms with E-state index in [-0.39, 0.29) is 17.8 Å². The molecule has 0 spiro atoms. The first-order valence-electron chi connectivity index (χ1n) is 7.67. The average molecular weight is 324 g/mol. The number of rotatable bonds is 3. The normalized spacial score (nSPS) is 23.5. The van der Waals surface area contributed by atoms with Crippen molar-refractivity contribution in [3.63, 3.8) is 0 Å². The first-order valence-corrected chi connectivity index (χ1v) is 8.83. The molecular weight excluding hydrogens is 303 g/mol. The summed E-state index contributed by atoms with van der Waals surface area (Å²) in [4.78, 5) is 16.6. The van der Waals surface area contributed by atoms with Gasteiger partial charge in [-0.05, 0) is 17.7 Å². The molecule has 0 radical (unpaired) electrons. The van der Waals surface area contributed by atoms with Gasteiger partial charge >= 0.3 is 0 Å².